The van der Waals surface area contributed by atoms with Crippen molar-refractivity contribution in [2.75, 3.05) is 0 Å². The Balaban J connectivity index is 2.19. The third-order valence-electron chi connectivity index (χ3n) is 2.76. The van der Waals surface area contributed by atoms with Gasteiger partial charge in [0.1, 0.15) is 0 Å². The number of halogens is 2. The van der Waals surface area contributed by atoms with Crippen molar-refractivity contribution in [3.8, 4) is 0 Å². The molecule has 0 spiro atoms. The van der Waals surface area contributed by atoms with E-state index in [-0.39, 0.29) is 17.0 Å². The summed E-state index contributed by atoms with van der Waals surface area (Å²) in [6.07, 6.45) is 0.628. The Kier molecular flexibility index (Phi) is 4.62. The van der Waals surface area contributed by atoms with E-state index in [2.05, 4.69) is 15.5 Å². The van der Waals surface area contributed by atoms with E-state index in [0.717, 1.165) is 0 Å². The van der Waals surface area contributed by atoms with E-state index in [1.807, 2.05) is 6.92 Å². The van der Waals surface area contributed by atoms with Crippen molar-refractivity contribution in [2.24, 2.45) is 0 Å². The largest absolute Gasteiger partial charge is 0.342 e. The molecule has 1 amide bonds. The molecular formula is C13H13Cl2N3O2. The van der Waals surface area contributed by atoms with Gasteiger partial charge in [-0.3, -0.25) is 4.79 Å². The number of hydrogen-bond acceptors (Lipinski definition) is 4. The molecule has 0 saturated heterocycles. The fourth-order valence-corrected chi connectivity index (χ4v) is 2.11. The molecule has 2 rings (SSSR count). The van der Waals surface area contributed by atoms with E-state index >= 15 is 0 Å². The van der Waals surface area contributed by atoms with Crippen LogP contribution in [-0.2, 0) is 0 Å². The fraction of sp³-hybridized carbons (Fsp3) is 0.308. The van der Waals surface area contributed by atoms with Crippen molar-refractivity contribution in [3.05, 3.63) is 45.5 Å². The molecule has 7 heteroatoms. The van der Waals surface area contributed by atoms with E-state index in [4.69, 9.17) is 27.7 Å². The number of carbonyl (C=O) groups excluding carboxylic acids is 1. The molecule has 2 aromatic rings. The first kappa shape index (κ1) is 14.8. The molecule has 0 aliphatic heterocycles. The summed E-state index contributed by atoms with van der Waals surface area (Å²) >= 11 is 11.9. The van der Waals surface area contributed by atoms with Crippen molar-refractivity contribution >= 4 is 29.1 Å². The van der Waals surface area contributed by atoms with Crippen LogP contribution in [0.3, 0.4) is 0 Å². The van der Waals surface area contributed by atoms with Crippen LogP contribution >= 0.6 is 23.2 Å². The maximum absolute atomic E-state index is 12.2. The predicted molar refractivity (Wildman–Crippen MR) is 76.0 cm³/mol. The van der Waals surface area contributed by atoms with Crippen LogP contribution in [0, 0.1) is 6.92 Å². The van der Waals surface area contributed by atoms with Gasteiger partial charge in [-0.05, 0) is 18.6 Å². The van der Waals surface area contributed by atoms with Crippen molar-refractivity contribution in [2.45, 2.75) is 26.3 Å². The van der Waals surface area contributed by atoms with Crippen LogP contribution in [0.15, 0.2) is 22.7 Å². The normalized spacial score (nSPS) is 12.2. The van der Waals surface area contributed by atoms with Gasteiger partial charge in [0.15, 0.2) is 5.82 Å². The summed E-state index contributed by atoms with van der Waals surface area (Å²) in [5.41, 5.74) is 0.317. The lowest BCUT2D eigenvalue weighted by Gasteiger charge is -2.14. The minimum atomic E-state index is -0.338. The Hall–Kier alpha value is -1.59. The minimum absolute atomic E-state index is 0.228. The number of carbonyl (C=O) groups is 1. The van der Waals surface area contributed by atoms with Crippen LogP contribution in [0.25, 0.3) is 0 Å². The Morgan fingerprint density at radius 2 is 2.20 bits per heavy atom. The Morgan fingerprint density at radius 3 is 2.80 bits per heavy atom. The van der Waals surface area contributed by atoms with Crippen LogP contribution in [0.2, 0.25) is 10.0 Å². The molecule has 1 atom stereocenters. The molecule has 5 nitrogen and oxygen atoms in total. The molecule has 0 bridgehead atoms. The zero-order valence-corrected chi connectivity index (χ0v) is 12.5. The fourth-order valence-electron chi connectivity index (χ4n) is 1.72. The lowest BCUT2D eigenvalue weighted by Crippen LogP contribution is -2.29. The van der Waals surface area contributed by atoms with Gasteiger partial charge in [-0.25, -0.2) is 0 Å². The SMILES string of the molecule is CC[C@H](NC(=O)c1cccc(Cl)c1Cl)c1noc(C)n1. The van der Waals surface area contributed by atoms with Gasteiger partial charge < -0.3 is 9.84 Å². The number of hydrogen-bond donors (Lipinski definition) is 1. The first-order valence-corrected chi connectivity index (χ1v) is 6.83. The minimum Gasteiger partial charge on any atom is -0.342 e. The lowest BCUT2D eigenvalue weighted by atomic mass is 10.1. The second-order valence-corrected chi connectivity index (χ2v) is 4.99. The van der Waals surface area contributed by atoms with Crippen molar-refractivity contribution in [3.63, 3.8) is 0 Å². The molecule has 0 fully saturated rings. The summed E-state index contributed by atoms with van der Waals surface area (Å²) in [5.74, 6) is 0.566. The van der Waals surface area contributed by atoms with Gasteiger partial charge in [-0.2, -0.15) is 4.98 Å². The van der Waals surface area contributed by atoms with Gasteiger partial charge in [0.25, 0.3) is 5.91 Å². The zero-order valence-electron chi connectivity index (χ0n) is 11.0. The monoisotopic (exact) mass is 313 g/mol. The number of amides is 1. The highest BCUT2D eigenvalue weighted by molar-refractivity contribution is 6.43. The Morgan fingerprint density at radius 1 is 1.45 bits per heavy atom. The number of nitrogens with zero attached hydrogens (tertiary/aromatic N) is 2. The highest BCUT2D eigenvalue weighted by atomic mass is 35.5. The number of nitrogens with one attached hydrogen (secondary N) is 1. The lowest BCUT2D eigenvalue weighted by molar-refractivity contribution is 0.0933. The molecule has 0 aliphatic rings. The van der Waals surface area contributed by atoms with Gasteiger partial charge in [0.05, 0.1) is 21.7 Å². The molecule has 0 aliphatic carbocycles. The van der Waals surface area contributed by atoms with Gasteiger partial charge in [0.2, 0.25) is 5.89 Å². The van der Waals surface area contributed by atoms with E-state index in [0.29, 0.717) is 28.7 Å². The summed E-state index contributed by atoms with van der Waals surface area (Å²) < 4.78 is 4.92. The predicted octanol–water partition coefficient (Wildman–Crippen LogP) is 3.57. The van der Waals surface area contributed by atoms with E-state index < -0.39 is 0 Å². The second kappa shape index (κ2) is 6.24. The van der Waals surface area contributed by atoms with Crippen molar-refractivity contribution < 1.29 is 9.32 Å². The number of aryl methyl sites for hydroxylation is 1. The summed E-state index contributed by atoms with van der Waals surface area (Å²) in [5, 5.41) is 7.19. The molecule has 0 unspecified atom stereocenters. The molecule has 20 heavy (non-hydrogen) atoms. The molecule has 1 aromatic heterocycles. The first-order valence-electron chi connectivity index (χ1n) is 6.08. The summed E-state index contributed by atoms with van der Waals surface area (Å²) in [6, 6.07) is 4.57. The van der Waals surface area contributed by atoms with Gasteiger partial charge >= 0.3 is 0 Å². The van der Waals surface area contributed by atoms with Crippen LogP contribution in [-0.4, -0.2) is 16.0 Å². The molecule has 1 N–H and O–H groups in total. The van der Waals surface area contributed by atoms with E-state index in [1.54, 1.807) is 25.1 Å². The van der Waals surface area contributed by atoms with Crippen LogP contribution < -0.4 is 5.32 Å². The van der Waals surface area contributed by atoms with Crippen molar-refractivity contribution in [1.29, 1.82) is 0 Å². The quantitative estimate of drug-likeness (QED) is 0.937. The molecular weight excluding hydrogens is 301 g/mol. The summed E-state index contributed by atoms with van der Waals surface area (Å²) in [7, 11) is 0. The first-order chi connectivity index (χ1) is 9.52. The number of aromatic nitrogens is 2. The molecule has 106 valence electrons. The van der Waals surface area contributed by atoms with Gasteiger partial charge in [-0.1, -0.05) is 41.3 Å². The standard InChI is InChI=1S/C13H13Cl2N3O2/c1-3-10(12-16-7(2)20-18-12)17-13(19)8-5-4-6-9(14)11(8)15/h4-6,10H,3H2,1-2H3,(H,17,19)/t10-/m0/s1. The average molecular weight is 314 g/mol. The molecule has 0 saturated carbocycles. The highest BCUT2D eigenvalue weighted by Crippen LogP contribution is 2.26. The van der Waals surface area contributed by atoms with Crippen LogP contribution in [0.4, 0.5) is 0 Å². The smallest absolute Gasteiger partial charge is 0.253 e. The zero-order chi connectivity index (χ0) is 14.7. The second-order valence-electron chi connectivity index (χ2n) is 4.21. The maximum Gasteiger partial charge on any atom is 0.253 e. The summed E-state index contributed by atoms with van der Waals surface area (Å²) in [6.45, 7) is 3.61. The van der Waals surface area contributed by atoms with Gasteiger partial charge in [-0.15, -0.1) is 0 Å². The van der Waals surface area contributed by atoms with Crippen molar-refractivity contribution in [1.82, 2.24) is 15.5 Å². The molecule has 1 heterocycles. The average Bonchev–Trinajstić information content (AvgIpc) is 2.85. The highest BCUT2D eigenvalue weighted by Gasteiger charge is 2.20. The number of rotatable bonds is 4. The summed E-state index contributed by atoms with van der Waals surface area (Å²) in [4.78, 5) is 16.3. The van der Waals surface area contributed by atoms with Gasteiger partial charge in [0, 0.05) is 6.92 Å². The molecule has 0 radical (unpaired) electrons. The van der Waals surface area contributed by atoms with Crippen LogP contribution in [0.1, 0.15) is 41.5 Å². The Bertz CT molecular complexity index is 628. The topological polar surface area (TPSA) is 68.0 Å². The molecule has 1 aromatic carbocycles. The van der Waals surface area contributed by atoms with E-state index in [1.165, 1.54) is 0 Å². The Labute approximate surface area is 126 Å². The third kappa shape index (κ3) is 3.11. The third-order valence-corrected chi connectivity index (χ3v) is 3.58. The van der Waals surface area contributed by atoms with Crippen LogP contribution in [0.5, 0.6) is 0 Å². The maximum atomic E-state index is 12.2. The number of benzene rings is 1. The van der Waals surface area contributed by atoms with E-state index in [9.17, 15) is 4.79 Å².